The van der Waals surface area contributed by atoms with Crippen molar-refractivity contribution in [2.75, 3.05) is 26.8 Å². The number of halogens is 1. The van der Waals surface area contributed by atoms with Crippen molar-refractivity contribution in [3.8, 4) is 22.1 Å². The van der Waals surface area contributed by atoms with Gasteiger partial charge in [0.15, 0.2) is 28.8 Å². The van der Waals surface area contributed by atoms with E-state index in [9.17, 15) is 4.79 Å². The fourth-order valence-electron chi connectivity index (χ4n) is 5.13. The predicted octanol–water partition coefficient (Wildman–Crippen LogP) is 5.00. The Morgan fingerprint density at radius 2 is 2.11 bits per heavy atom. The standard InChI is InChI=1S/C26H24FN3O4S/c1-32-20-5-4-18-24(25(20)27)17-11-16(14-33-22(17)13-28-18)30-8-6-15(7-9-30)26(31)19-12-21(34-29-19)23-3-2-10-35-23/h2-5,10,12-13,15-16H,6-9,11,14H2,1H3. The molecule has 1 fully saturated rings. The number of ether oxygens (including phenoxy) is 2. The van der Waals surface area contributed by atoms with Gasteiger partial charge >= 0.3 is 0 Å². The van der Waals surface area contributed by atoms with Gasteiger partial charge in [-0.15, -0.1) is 11.3 Å². The first-order valence-electron chi connectivity index (χ1n) is 11.7. The number of fused-ring (bicyclic) bond motifs is 3. The molecule has 180 valence electrons. The molecule has 0 saturated carbocycles. The van der Waals surface area contributed by atoms with Gasteiger partial charge in [0.2, 0.25) is 0 Å². The second kappa shape index (κ2) is 9.05. The summed E-state index contributed by atoms with van der Waals surface area (Å²) in [6.45, 7) is 2.05. The van der Waals surface area contributed by atoms with Gasteiger partial charge in [-0.25, -0.2) is 4.39 Å². The minimum absolute atomic E-state index is 0.0349. The molecular weight excluding hydrogens is 469 g/mol. The molecule has 0 aliphatic carbocycles. The van der Waals surface area contributed by atoms with E-state index in [0.29, 0.717) is 41.1 Å². The Morgan fingerprint density at radius 1 is 1.26 bits per heavy atom. The molecule has 5 heterocycles. The lowest BCUT2D eigenvalue weighted by molar-refractivity contribution is 0.0675. The molecule has 6 rings (SSSR count). The Bertz CT molecular complexity index is 1370. The highest BCUT2D eigenvalue weighted by atomic mass is 32.1. The summed E-state index contributed by atoms with van der Waals surface area (Å²) in [7, 11) is 1.46. The summed E-state index contributed by atoms with van der Waals surface area (Å²) in [4.78, 5) is 20.7. The van der Waals surface area contributed by atoms with Gasteiger partial charge < -0.3 is 14.0 Å². The number of methoxy groups -OCH3 is 1. The van der Waals surface area contributed by atoms with Crippen molar-refractivity contribution >= 4 is 28.0 Å². The lowest BCUT2D eigenvalue weighted by Crippen LogP contribution is -2.47. The second-order valence-electron chi connectivity index (χ2n) is 8.97. The van der Waals surface area contributed by atoms with Crippen molar-refractivity contribution in [2.24, 2.45) is 5.92 Å². The number of pyridine rings is 1. The first-order valence-corrected chi connectivity index (χ1v) is 12.6. The molecule has 1 unspecified atom stereocenters. The first-order chi connectivity index (χ1) is 17.1. The number of aromatic nitrogens is 2. The number of benzene rings is 1. The lowest BCUT2D eigenvalue weighted by atomic mass is 9.89. The van der Waals surface area contributed by atoms with Crippen molar-refractivity contribution < 1.29 is 23.2 Å². The molecule has 0 amide bonds. The van der Waals surface area contributed by atoms with E-state index in [-0.39, 0.29) is 23.5 Å². The molecule has 1 aromatic carbocycles. The number of hydrogen-bond donors (Lipinski definition) is 0. The number of hydrogen-bond acceptors (Lipinski definition) is 8. The average molecular weight is 494 g/mol. The predicted molar refractivity (Wildman–Crippen MR) is 130 cm³/mol. The highest BCUT2D eigenvalue weighted by molar-refractivity contribution is 7.13. The summed E-state index contributed by atoms with van der Waals surface area (Å²) >= 11 is 1.55. The third kappa shape index (κ3) is 3.98. The molecule has 7 nitrogen and oxygen atoms in total. The summed E-state index contributed by atoms with van der Waals surface area (Å²) in [6, 6.07) is 9.10. The third-order valence-corrected chi connectivity index (χ3v) is 7.92. The lowest BCUT2D eigenvalue weighted by Gasteiger charge is -2.39. The average Bonchev–Trinajstić information content (AvgIpc) is 3.60. The van der Waals surface area contributed by atoms with Crippen LogP contribution in [-0.2, 0) is 6.42 Å². The number of ketones is 1. The highest BCUT2D eigenvalue weighted by Gasteiger charge is 2.34. The number of Topliss-reactive ketones (excluding diaryl/α,β-unsaturated/α-hetero) is 1. The molecule has 0 radical (unpaired) electrons. The Labute approximate surface area is 205 Å². The van der Waals surface area contributed by atoms with Gasteiger partial charge in [0, 0.05) is 29.0 Å². The first kappa shape index (κ1) is 22.2. The smallest absolute Gasteiger partial charge is 0.187 e. The van der Waals surface area contributed by atoms with E-state index in [2.05, 4.69) is 15.0 Å². The Kier molecular flexibility index (Phi) is 5.74. The fraction of sp³-hybridized carbons (Fsp3) is 0.346. The SMILES string of the molecule is COc1ccc2ncc3c(c2c1F)CC(N1CCC(C(=O)c2cc(-c4cccs4)on2)CC1)CO3. The molecule has 35 heavy (non-hydrogen) atoms. The minimum atomic E-state index is -0.405. The molecule has 9 heteroatoms. The van der Waals surface area contributed by atoms with E-state index in [4.69, 9.17) is 14.0 Å². The number of thiophene rings is 1. The quantitative estimate of drug-likeness (QED) is 0.362. The van der Waals surface area contributed by atoms with E-state index >= 15 is 4.39 Å². The van der Waals surface area contributed by atoms with Crippen LogP contribution in [0.2, 0.25) is 0 Å². The second-order valence-corrected chi connectivity index (χ2v) is 9.92. The van der Waals surface area contributed by atoms with Crippen molar-refractivity contribution in [1.82, 2.24) is 15.0 Å². The van der Waals surface area contributed by atoms with Crippen LogP contribution < -0.4 is 9.47 Å². The fourth-order valence-corrected chi connectivity index (χ4v) is 5.81. The maximum absolute atomic E-state index is 15.1. The van der Waals surface area contributed by atoms with Crippen molar-refractivity contribution in [3.63, 3.8) is 0 Å². The van der Waals surface area contributed by atoms with Gasteiger partial charge in [-0.2, -0.15) is 0 Å². The van der Waals surface area contributed by atoms with Crippen LogP contribution in [0.4, 0.5) is 4.39 Å². The molecule has 0 N–H and O–H groups in total. The van der Waals surface area contributed by atoms with Crippen LogP contribution in [0.5, 0.6) is 11.5 Å². The Hall–Kier alpha value is -3.30. The van der Waals surface area contributed by atoms with Crippen molar-refractivity contribution in [3.05, 3.63) is 59.0 Å². The van der Waals surface area contributed by atoms with E-state index < -0.39 is 5.82 Å². The summed E-state index contributed by atoms with van der Waals surface area (Å²) < 4.78 is 31.7. The minimum Gasteiger partial charge on any atom is -0.494 e. The molecular formula is C26H24FN3O4S. The number of carbonyl (C=O) groups is 1. The summed E-state index contributed by atoms with van der Waals surface area (Å²) in [5.74, 6) is 0.994. The van der Waals surface area contributed by atoms with E-state index in [1.165, 1.54) is 7.11 Å². The van der Waals surface area contributed by atoms with E-state index in [1.807, 2.05) is 17.5 Å². The zero-order chi connectivity index (χ0) is 23.9. The molecule has 1 saturated heterocycles. The largest absolute Gasteiger partial charge is 0.494 e. The topological polar surface area (TPSA) is 77.7 Å². The monoisotopic (exact) mass is 493 g/mol. The van der Waals surface area contributed by atoms with Crippen LogP contribution in [0.15, 0.2) is 46.4 Å². The Morgan fingerprint density at radius 3 is 2.89 bits per heavy atom. The third-order valence-electron chi connectivity index (χ3n) is 7.04. The van der Waals surface area contributed by atoms with Crippen LogP contribution in [-0.4, -0.2) is 53.7 Å². The molecule has 2 aliphatic rings. The Balaban J connectivity index is 1.15. The van der Waals surface area contributed by atoms with Crippen molar-refractivity contribution in [1.29, 1.82) is 0 Å². The number of rotatable bonds is 5. The van der Waals surface area contributed by atoms with Crippen LogP contribution in [0.25, 0.3) is 21.5 Å². The van der Waals surface area contributed by atoms with Crippen LogP contribution in [0.3, 0.4) is 0 Å². The number of carbonyl (C=O) groups excluding carboxylic acids is 1. The molecule has 3 aromatic heterocycles. The van der Waals surface area contributed by atoms with Gasteiger partial charge in [-0.1, -0.05) is 11.2 Å². The number of likely N-dealkylation sites (tertiary alicyclic amines) is 1. The van der Waals surface area contributed by atoms with Crippen molar-refractivity contribution in [2.45, 2.75) is 25.3 Å². The summed E-state index contributed by atoms with van der Waals surface area (Å²) in [5.41, 5.74) is 1.81. The number of nitrogens with zero attached hydrogens (tertiary/aromatic N) is 3. The van der Waals surface area contributed by atoms with Gasteiger partial charge in [-0.3, -0.25) is 14.7 Å². The van der Waals surface area contributed by atoms with E-state index in [1.54, 1.807) is 35.7 Å². The zero-order valence-electron chi connectivity index (χ0n) is 19.2. The van der Waals surface area contributed by atoms with Gasteiger partial charge in [0.1, 0.15) is 12.4 Å². The van der Waals surface area contributed by atoms with Gasteiger partial charge in [-0.05, 0) is 55.9 Å². The summed E-state index contributed by atoms with van der Waals surface area (Å²) in [6.07, 6.45) is 3.81. The maximum atomic E-state index is 15.1. The zero-order valence-corrected chi connectivity index (χ0v) is 20.0. The van der Waals surface area contributed by atoms with Crippen LogP contribution in [0, 0.1) is 11.7 Å². The molecule has 1 atom stereocenters. The normalized spacial score (nSPS) is 18.9. The van der Waals surface area contributed by atoms with Gasteiger partial charge in [0.25, 0.3) is 0 Å². The van der Waals surface area contributed by atoms with E-state index in [0.717, 1.165) is 36.4 Å². The summed E-state index contributed by atoms with van der Waals surface area (Å²) in [5, 5.41) is 6.46. The van der Waals surface area contributed by atoms with Crippen LogP contribution in [0.1, 0.15) is 28.9 Å². The number of piperidine rings is 1. The van der Waals surface area contributed by atoms with Gasteiger partial charge in [0.05, 0.1) is 23.7 Å². The maximum Gasteiger partial charge on any atom is 0.187 e. The molecule has 0 spiro atoms. The molecule has 2 aliphatic heterocycles. The molecule has 4 aromatic rings. The van der Waals surface area contributed by atoms with Crippen LogP contribution >= 0.6 is 11.3 Å². The highest BCUT2D eigenvalue weighted by Crippen LogP contribution is 2.37. The molecule has 0 bridgehead atoms.